The Bertz CT molecular complexity index is 1900. The number of aromatic nitrogens is 2. The maximum absolute atomic E-state index is 15.8. The quantitative estimate of drug-likeness (QED) is 0.0978. The van der Waals surface area contributed by atoms with E-state index in [9.17, 15) is 18.0 Å². The Morgan fingerprint density at radius 1 is 0.745 bits per heavy atom. The first-order valence-corrected chi connectivity index (χ1v) is 15.0. The summed E-state index contributed by atoms with van der Waals surface area (Å²) in [5, 5.41) is 8.77. The van der Waals surface area contributed by atoms with Gasteiger partial charge in [-0.2, -0.15) is 18.3 Å². The molecule has 5 aromatic carbocycles. The average Bonchev–Trinajstić information content (AvgIpc) is 3.53. The SMILES string of the molecule is CCC(C(=O)OC)(c1ccc(C(F)(F)F)cc1)n1ncc2c(NC(c3ccccc3)(c3ccccc3)c3ccccc3)cc(F)cc21. The van der Waals surface area contributed by atoms with Crippen LogP contribution in [-0.2, 0) is 26.8 Å². The van der Waals surface area contributed by atoms with E-state index >= 15 is 4.39 Å². The largest absolute Gasteiger partial charge is 0.467 e. The summed E-state index contributed by atoms with van der Waals surface area (Å²) in [5.41, 5.74) is -0.00866. The zero-order chi connectivity index (χ0) is 33.2. The highest BCUT2D eigenvalue weighted by Crippen LogP contribution is 2.43. The number of carbonyl (C=O) groups excluding carboxylic acids is 1. The fourth-order valence-corrected chi connectivity index (χ4v) is 6.41. The van der Waals surface area contributed by atoms with E-state index in [-0.39, 0.29) is 17.5 Å². The Kier molecular flexibility index (Phi) is 8.32. The van der Waals surface area contributed by atoms with Gasteiger partial charge in [0.2, 0.25) is 0 Å². The minimum absolute atomic E-state index is 0.0586. The number of nitrogens with zero attached hydrogens (tertiary/aromatic N) is 2. The molecule has 0 amide bonds. The highest BCUT2D eigenvalue weighted by atomic mass is 19.4. The number of ether oxygens (including phenoxy) is 1. The molecule has 0 aliphatic heterocycles. The van der Waals surface area contributed by atoms with Gasteiger partial charge in [0, 0.05) is 11.1 Å². The molecule has 6 rings (SSSR count). The molecule has 1 aromatic heterocycles. The molecule has 6 aromatic rings. The second-order valence-electron chi connectivity index (χ2n) is 11.2. The predicted molar refractivity (Wildman–Crippen MR) is 173 cm³/mol. The summed E-state index contributed by atoms with van der Waals surface area (Å²) in [5.74, 6) is -1.36. The van der Waals surface area contributed by atoms with Crippen LogP contribution in [0.15, 0.2) is 134 Å². The van der Waals surface area contributed by atoms with E-state index in [0.717, 1.165) is 28.8 Å². The summed E-state index contributed by atoms with van der Waals surface area (Å²) in [6.07, 6.45) is -2.98. The van der Waals surface area contributed by atoms with Gasteiger partial charge in [0.05, 0.1) is 24.4 Å². The van der Waals surface area contributed by atoms with E-state index < -0.39 is 34.6 Å². The number of esters is 1. The molecule has 238 valence electrons. The zero-order valence-corrected chi connectivity index (χ0v) is 25.6. The molecule has 0 fully saturated rings. The van der Waals surface area contributed by atoms with Gasteiger partial charge < -0.3 is 10.1 Å². The maximum atomic E-state index is 15.8. The van der Waals surface area contributed by atoms with E-state index in [2.05, 4.69) is 10.4 Å². The first-order valence-electron chi connectivity index (χ1n) is 15.0. The third-order valence-electron chi connectivity index (χ3n) is 8.68. The number of nitrogens with one attached hydrogen (secondary N) is 1. The second-order valence-corrected chi connectivity index (χ2v) is 11.2. The van der Waals surface area contributed by atoms with Gasteiger partial charge in [-0.15, -0.1) is 0 Å². The second kappa shape index (κ2) is 12.4. The minimum Gasteiger partial charge on any atom is -0.467 e. The summed E-state index contributed by atoms with van der Waals surface area (Å²) >= 11 is 0. The van der Waals surface area contributed by atoms with Crippen molar-refractivity contribution in [3.05, 3.63) is 167 Å². The molecule has 0 radical (unpaired) electrons. The van der Waals surface area contributed by atoms with Crippen molar-refractivity contribution in [2.24, 2.45) is 0 Å². The van der Waals surface area contributed by atoms with Crippen LogP contribution in [0.25, 0.3) is 10.9 Å². The first kappa shape index (κ1) is 31.5. The van der Waals surface area contributed by atoms with Crippen LogP contribution in [0.1, 0.15) is 41.2 Å². The number of alkyl halides is 3. The normalized spacial score (nSPS) is 13.2. The lowest BCUT2D eigenvalue weighted by Crippen LogP contribution is -2.44. The van der Waals surface area contributed by atoms with Gasteiger partial charge >= 0.3 is 12.1 Å². The average molecular weight is 638 g/mol. The fourth-order valence-electron chi connectivity index (χ4n) is 6.41. The van der Waals surface area contributed by atoms with Crippen LogP contribution < -0.4 is 5.32 Å². The van der Waals surface area contributed by atoms with Gasteiger partial charge in [0.25, 0.3) is 0 Å². The number of fused-ring (bicyclic) bond motifs is 1. The molecule has 1 N–H and O–H groups in total. The zero-order valence-electron chi connectivity index (χ0n) is 25.6. The van der Waals surface area contributed by atoms with Crippen LogP contribution in [0.2, 0.25) is 0 Å². The van der Waals surface area contributed by atoms with Crippen molar-refractivity contribution in [3.63, 3.8) is 0 Å². The standard InChI is InChI=1S/C38H31F4N3O2/c1-3-36(35(46)47-2,26-19-21-30(22-20-26)38(40,41)42)45-34-24-31(39)23-33(32(34)25-43-45)44-37(27-13-7-4-8-14-27,28-15-9-5-10-16-28)29-17-11-6-12-18-29/h4-25,44H,3H2,1-2H3. The number of anilines is 1. The molecule has 1 heterocycles. The third-order valence-corrected chi connectivity index (χ3v) is 8.68. The summed E-state index contributed by atoms with van der Waals surface area (Å²) in [6.45, 7) is 1.70. The Labute approximate surface area is 269 Å². The molecule has 1 atom stereocenters. The molecule has 0 bridgehead atoms. The highest BCUT2D eigenvalue weighted by Gasteiger charge is 2.45. The van der Waals surface area contributed by atoms with Crippen molar-refractivity contribution < 1.29 is 27.1 Å². The van der Waals surface area contributed by atoms with Crippen molar-refractivity contribution in [3.8, 4) is 0 Å². The Morgan fingerprint density at radius 2 is 1.23 bits per heavy atom. The van der Waals surface area contributed by atoms with Gasteiger partial charge in [-0.25, -0.2) is 13.9 Å². The number of hydrogen-bond donors (Lipinski definition) is 1. The van der Waals surface area contributed by atoms with Crippen LogP contribution in [0.4, 0.5) is 23.2 Å². The van der Waals surface area contributed by atoms with E-state index in [1.807, 2.05) is 91.0 Å². The van der Waals surface area contributed by atoms with Gasteiger partial charge in [-0.05, 0) is 52.9 Å². The van der Waals surface area contributed by atoms with Crippen LogP contribution in [-0.4, -0.2) is 22.9 Å². The van der Waals surface area contributed by atoms with Crippen molar-refractivity contribution >= 4 is 22.6 Å². The lowest BCUT2D eigenvalue weighted by Gasteiger charge is -2.38. The van der Waals surface area contributed by atoms with Crippen LogP contribution in [0.5, 0.6) is 0 Å². The molecular weight excluding hydrogens is 606 g/mol. The minimum atomic E-state index is -4.57. The van der Waals surface area contributed by atoms with Gasteiger partial charge in [0.15, 0.2) is 5.54 Å². The van der Waals surface area contributed by atoms with Crippen LogP contribution in [0.3, 0.4) is 0 Å². The molecular formula is C38H31F4N3O2. The maximum Gasteiger partial charge on any atom is 0.416 e. The van der Waals surface area contributed by atoms with Crippen molar-refractivity contribution in [1.82, 2.24) is 9.78 Å². The predicted octanol–water partition coefficient (Wildman–Crippen LogP) is 8.92. The number of halogens is 4. The Hall–Kier alpha value is -5.44. The van der Waals surface area contributed by atoms with Crippen molar-refractivity contribution in [2.45, 2.75) is 30.6 Å². The topological polar surface area (TPSA) is 56.2 Å². The molecule has 9 heteroatoms. The van der Waals surface area contributed by atoms with Gasteiger partial charge in [0.1, 0.15) is 11.4 Å². The summed E-state index contributed by atoms with van der Waals surface area (Å²) in [4.78, 5) is 13.6. The molecule has 0 spiro atoms. The Morgan fingerprint density at radius 3 is 1.68 bits per heavy atom. The number of hydrogen-bond acceptors (Lipinski definition) is 4. The first-order chi connectivity index (χ1) is 22.6. The lowest BCUT2D eigenvalue weighted by molar-refractivity contribution is -0.149. The molecule has 0 aliphatic rings. The summed E-state index contributed by atoms with van der Waals surface area (Å²) in [6, 6.07) is 36.3. The Balaban J connectivity index is 1.60. The lowest BCUT2D eigenvalue weighted by atomic mass is 9.76. The number of methoxy groups -OCH3 is 1. The van der Waals surface area contributed by atoms with Crippen molar-refractivity contribution in [1.29, 1.82) is 0 Å². The number of rotatable bonds is 9. The van der Waals surface area contributed by atoms with Crippen molar-refractivity contribution in [2.75, 3.05) is 12.4 Å². The van der Waals surface area contributed by atoms with E-state index in [1.165, 1.54) is 42.3 Å². The fraction of sp³-hybridized carbons (Fsp3) is 0.158. The molecule has 47 heavy (non-hydrogen) atoms. The number of carbonyl (C=O) groups is 1. The summed E-state index contributed by atoms with van der Waals surface area (Å²) in [7, 11) is 1.20. The summed E-state index contributed by atoms with van der Waals surface area (Å²) < 4.78 is 62.7. The number of benzene rings is 5. The molecule has 1 unspecified atom stereocenters. The van der Waals surface area contributed by atoms with Gasteiger partial charge in [-0.3, -0.25) is 0 Å². The molecule has 0 aliphatic carbocycles. The van der Waals surface area contributed by atoms with E-state index in [0.29, 0.717) is 11.1 Å². The smallest absolute Gasteiger partial charge is 0.416 e. The van der Waals surface area contributed by atoms with Gasteiger partial charge in [-0.1, -0.05) is 110 Å². The third kappa shape index (κ3) is 5.41. The van der Waals surface area contributed by atoms with E-state index in [1.54, 1.807) is 6.92 Å². The monoisotopic (exact) mass is 637 g/mol. The van der Waals surface area contributed by atoms with E-state index in [4.69, 9.17) is 4.74 Å². The molecule has 0 saturated carbocycles. The van der Waals surface area contributed by atoms with Crippen LogP contribution in [0, 0.1) is 5.82 Å². The highest BCUT2D eigenvalue weighted by molar-refractivity contribution is 5.95. The van der Waals surface area contributed by atoms with Crippen LogP contribution >= 0.6 is 0 Å². The molecule has 0 saturated heterocycles. The molecule has 5 nitrogen and oxygen atoms in total.